The number of hydrogen-bond acceptors (Lipinski definition) is 4. The molecule has 0 aromatic heterocycles. The number of amides is 1. The molecular weight excluding hydrogens is 313 g/mol. The SMILES string of the molecule is CC1CN(C2CC2)CC1NC(=O)[C@H]1NCCO[C@@H]1C.Cl.Cl. The zero-order valence-electron chi connectivity index (χ0n) is 12.7. The summed E-state index contributed by atoms with van der Waals surface area (Å²) in [6, 6.07) is 0.888. The molecule has 2 N–H and O–H groups in total. The predicted octanol–water partition coefficient (Wildman–Crippen LogP) is 0.806. The topological polar surface area (TPSA) is 53.6 Å². The van der Waals surface area contributed by atoms with Gasteiger partial charge in [0.2, 0.25) is 5.91 Å². The summed E-state index contributed by atoms with van der Waals surface area (Å²) in [7, 11) is 0. The molecule has 0 aromatic carbocycles. The molecule has 2 aliphatic heterocycles. The van der Waals surface area contributed by atoms with Gasteiger partial charge >= 0.3 is 0 Å². The van der Waals surface area contributed by atoms with Crippen molar-refractivity contribution in [3.8, 4) is 0 Å². The first kappa shape index (κ1) is 19.0. The van der Waals surface area contributed by atoms with Gasteiger partial charge in [0.15, 0.2) is 0 Å². The van der Waals surface area contributed by atoms with E-state index in [1.807, 2.05) is 6.92 Å². The normalized spacial score (nSPS) is 36.5. The minimum absolute atomic E-state index is 0. The fourth-order valence-corrected chi connectivity index (χ4v) is 3.23. The lowest BCUT2D eigenvalue weighted by Crippen LogP contribution is -2.57. The van der Waals surface area contributed by atoms with Crippen LogP contribution in [0.2, 0.25) is 0 Å². The van der Waals surface area contributed by atoms with Crippen LogP contribution >= 0.6 is 24.8 Å². The highest BCUT2D eigenvalue weighted by Gasteiger charge is 2.39. The third-order valence-electron chi connectivity index (χ3n) is 4.63. The molecule has 2 heterocycles. The van der Waals surface area contributed by atoms with Crippen molar-refractivity contribution in [1.82, 2.24) is 15.5 Å². The number of carbonyl (C=O) groups excluding carboxylic acids is 1. The number of morpholine rings is 1. The Morgan fingerprint density at radius 2 is 1.95 bits per heavy atom. The Hall–Kier alpha value is -0.0700. The Kier molecular flexibility index (Phi) is 7.20. The summed E-state index contributed by atoms with van der Waals surface area (Å²) < 4.78 is 5.54. The van der Waals surface area contributed by atoms with Crippen molar-refractivity contribution in [1.29, 1.82) is 0 Å². The van der Waals surface area contributed by atoms with E-state index in [0.29, 0.717) is 18.6 Å². The molecule has 7 heteroatoms. The summed E-state index contributed by atoms with van der Waals surface area (Å²) in [5, 5.41) is 6.47. The van der Waals surface area contributed by atoms with Gasteiger partial charge in [-0.05, 0) is 25.7 Å². The summed E-state index contributed by atoms with van der Waals surface area (Å²) >= 11 is 0. The van der Waals surface area contributed by atoms with E-state index in [0.717, 1.165) is 25.7 Å². The van der Waals surface area contributed by atoms with E-state index in [9.17, 15) is 4.79 Å². The van der Waals surface area contributed by atoms with Gasteiger partial charge in [0.25, 0.3) is 0 Å². The van der Waals surface area contributed by atoms with Gasteiger partial charge in [-0.15, -0.1) is 24.8 Å². The summed E-state index contributed by atoms with van der Waals surface area (Å²) in [6.07, 6.45) is 2.63. The largest absolute Gasteiger partial charge is 0.375 e. The Balaban J connectivity index is 0.00000110. The van der Waals surface area contributed by atoms with Crippen LogP contribution in [0, 0.1) is 5.92 Å². The maximum Gasteiger partial charge on any atom is 0.240 e. The highest BCUT2D eigenvalue weighted by atomic mass is 35.5. The molecule has 0 spiro atoms. The molecule has 3 rings (SSSR count). The number of nitrogens with one attached hydrogen (secondary N) is 2. The van der Waals surface area contributed by atoms with Gasteiger partial charge in [-0.1, -0.05) is 6.92 Å². The van der Waals surface area contributed by atoms with E-state index in [1.54, 1.807) is 0 Å². The van der Waals surface area contributed by atoms with Gasteiger partial charge in [0.1, 0.15) is 6.04 Å². The molecule has 21 heavy (non-hydrogen) atoms. The molecule has 0 bridgehead atoms. The van der Waals surface area contributed by atoms with E-state index in [-0.39, 0.29) is 42.9 Å². The Morgan fingerprint density at radius 1 is 1.24 bits per heavy atom. The molecule has 4 atom stereocenters. The molecule has 0 radical (unpaired) electrons. The number of likely N-dealkylation sites (tertiary alicyclic amines) is 1. The third kappa shape index (κ3) is 4.45. The van der Waals surface area contributed by atoms with Gasteiger partial charge in [-0.2, -0.15) is 0 Å². The van der Waals surface area contributed by atoms with Gasteiger partial charge in [-0.25, -0.2) is 0 Å². The molecule has 2 saturated heterocycles. The summed E-state index contributed by atoms with van der Waals surface area (Å²) in [6.45, 7) is 7.79. The first-order valence-corrected chi connectivity index (χ1v) is 7.54. The number of rotatable bonds is 3. The van der Waals surface area contributed by atoms with Crippen LogP contribution in [0.15, 0.2) is 0 Å². The van der Waals surface area contributed by atoms with Gasteiger partial charge < -0.3 is 15.4 Å². The number of halogens is 2. The maximum absolute atomic E-state index is 12.3. The predicted molar refractivity (Wildman–Crippen MR) is 87.4 cm³/mol. The van der Waals surface area contributed by atoms with Gasteiger partial charge in [0.05, 0.1) is 12.7 Å². The third-order valence-corrected chi connectivity index (χ3v) is 4.63. The lowest BCUT2D eigenvalue weighted by atomic mass is 10.0. The van der Waals surface area contributed by atoms with Crippen molar-refractivity contribution < 1.29 is 9.53 Å². The number of carbonyl (C=O) groups is 1. The van der Waals surface area contributed by atoms with Crippen LogP contribution in [-0.4, -0.2) is 61.3 Å². The molecule has 2 unspecified atom stereocenters. The minimum atomic E-state index is -0.198. The quantitative estimate of drug-likeness (QED) is 0.798. The molecule has 1 amide bonds. The molecule has 0 aromatic rings. The Bertz CT molecular complexity index is 355. The van der Waals surface area contributed by atoms with Crippen molar-refractivity contribution in [3.63, 3.8) is 0 Å². The van der Waals surface area contributed by atoms with E-state index >= 15 is 0 Å². The summed E-state index contributed by atoms with van der Waals surface area (Å²) in [5.74, 6) is 0.645. The maximum atomic E-state index is 12.3. The van der Waals surface area contributed by atoms with Crippen molar-refractivity contribution in [3.05, 3.63) is 0 Å². The van der Waals surface area contributed by atoms with E-state index in [1.165, 1.54) is 12.8 Å². The molecule has 1 aliphatic carbocycles. The van der Waals surface area contributed by atoms with Crippen molar-refractivity contribution in [2.45, 2.75) is 50.9 Å². The average molecular weight is 340 g/mol. The Morgan fingerprint density at radius 3 is 2.57 bits per heavy atom. The monoisotopic (exact) mass is 339 g/mol. The fourth-order valence-electron chi connectivity index (χ4n) is 3.23. The van der Waals surface area contributed by atoms with Crippen LogP contribution in [0.25, 0.3) is 0 Å². The van der Waals surface area contributed by atoms with Crippen molar-refractivity contribution >= 4 is 30.7 Å². The van der Waals surface area contributed by atoms with E-state index in [4.69, 9.17) is 4.74 Å². The van der Waals surface area contributed by atoms with Crippen LogP contribution in [0.3, 0.4) is 0 Å². The van der Waals surface area contributed by atoms with E-state index in [2.05, 4.69) is 22.5 Å². The molecular formula is C14H27Cl2N3O2. The molecule has 124 valence electrons. The highest BCUT2D eigenvalue weighted by Crippen LogP contribution is 2.31. The smallest absolute Gasteiger partial charge is 0.240 e. The second kappa shape index (κ2) is 7.97. The lowest BCUT2D eigenvalue weighted by molar-refractivity contribution is -0.129. The summed E-state index contributed by atoms with van der Waals surface area (Å²) in [5.41, 5.74) is 0. The summed E-state index contributed by atoms with van der Waals surface area (Å²) in [4.78, 5) is 14.9. The average Bonchev–Trinajstić information content (AvgIpc) is 3.16. The zero-order valence-corrected chi connectivity index (χ0v) is 14.3. The van der Waals surface area contributed by atoms with Crippen LogP contribution in [-0.2, 0) is 9.53 Å². The van der Waals surface area contributed by atoms with Crippen molar-refractivity contribution in [2.24, 2.45) is 5.92 Å². The van der Waals surface area contributed by atoms with E-state index < -0.39 is 0 Å². The minimum Gasteiger partial charge on any atom is -0.375 e. The van der Waals surface area contributed by atoms with Crippen LogP contribution in [0.4, 0.5) is 0 Å². The first-order chi connectivity index (χ1) is 9.15. The molecule has 5 nitrogen and oxygen atoms in total. The zero-order chi connectivity index (χ0) is 13.4. The number of ether oxygens (including phenoxy) is 1. The fraction of sp³-hybridized carbons (Fsp3) is 0.929. The van der Waals surface area contributed by atoms with Crippen molar-refractivity contribution in [2.75, 3.05) is 26.2 Å². The molecule has 3 fully saturated rings. The number of hydrogen-bond donors (Lipinski definition) is 2. The van der Waals surface area contributed by atoms with Crippen LogP contribution < -0.4 is 10.6 Å². The Labute approximate surface area is 139 Å². The number of nitrogens with zero attached hydrogens (tertiary/aromatic N) is 1. The van der Waals surface area contributed by atoms with Gasteiger partial charge in [0, 0.05) is 31.7 Å². The second-order valence-electron chi connectivity index (χ2n) is 6.29. The second-order valence-corrected chi connectivity index (χ2v) is 6.29. The molecule has 1 saturated carbocycles. The van der Waals surface area contributed by atoms with Crippen LogP contribution in [0.5, 0.6) is 0 Å². The molecule has 3 aliphatic rings. The van der Waals surface area contributed by atoms with Crippen LogP contribution in [0.1, 0.15) is 26.7 Å². The standard InChI is InChI=1S/C14H25N3O2.2ClH/c1-9-7-17(11-3-4-11)8-12(9)16-14(18)13-10(2)19-6-5-15-13;;/h9-13,15H,3-8H2,1-2H3,(H,16,18);2*1H/t9?,10-,12?,13+;;/m1../s1. The highest BCUT2D eigenvalue weighted by molar-refractivity contribution is 5.85. The lowest BCUT2D eigenvalue weighted by Gasteiger charge is -2.30. The first-order valence-electron chi connectivity index (χ1n) is 7.54. The van der Waals surface area contributed by atoms with Gasteiger partial charge in [-0.3, -0.25) is 9.69 Å².